The largest absolute Gasteiger partial charge is 0.392 e. The number of H-pyrrole nitrogens is 1. The van der Waals surface area contributed by atoms with Crippen molar-refractivity contribution in [2.24, 2.45) is 0 Å². The number of aromatic nitrogens is 2. The fraction of sp³-hybridized carbons (Fsp3) is 0.357. The first-order chi connectivity index (χ1) is 8.79. The number of nitrogens with one attached hydrogen (secondary N) is 1. The highest BCUT2D eigenvalue weighted by Crippen LogP contribution is 2.07. The summed E-state index contributed by atoms with van der Waals surface area (Å²) in [6, 6.07) is 6.55. The van der Waals surface area contributed by atoms with E-state index in [0.29, 0.717) is 13.0 Å². The van der Waals surface area contributed by atoms with Gasteiger partial charge in [0.2, 0.25) is 6.33 Å². The highest BCUT2D eigenvalue weighted by atomic mass is 19.1. The molecule has 4 heteroatoms. The van der Waals surface area contributed by atoms with Crippen molar-refractivity contribution in [2.45, 2.75) is 26.8 Å². The molecule has 0 bridgehead atoms. The van der Waals surface area contributed by atoms with Gasteiger partial charge in [0, 0.05) is 6.42 Å². The molecule has 0 saturated heterocycles. The van der Waals surface area contributed by atoms with Gasteiger partial charge >= 0.3 is 0 Å². The number of hydrogen-bond donors (Lipinski definition) is 2. The van der Waals surface area contributed by atoms with Crippen LogP contribution in [0.4, 0.5) is 4.39 Å². The third kappa shape index (κ3) is 3.96. The predicted molar refractivity (Wildman–Crippen MR) is 68.6 cm³/mol. The molecule has 98 valence electrons. The zero-order valence-electron chi connectivity index (χ0n) is 10.9. The lowest BCUT2D eigenvalue weighted by molar-refractivity contribution is -0.703. The lowest BCUT2D eigenvalue weighted by Gasteiger charge is -2.00. The average Bonchev–Trinajstić information content (AvgIpc) is 2.80. The van der Waals surface area contributed by atoms with Crippen LogP contribution < -0.4 is 4.57 Å². The number of aromatic amines is 1. The fourth-order valence-electron chi connectivity index (χ4n) is 1.71. The van der Waals surface area contributed by atoms with E-state index >= 15 is 0 Å². The SMILES string of the molecule is CC.OCC[n+]1c[nH]cc1Cc1cccc(F)c1. The first-order valence-corrected chi connectivity index (χ1v) is 6.20. The van der Waals surface area contributed by atoms with Crippen molar-refractivity contribution in [3.05, 3.63) is 53.9 Å². The second kappa shape index (κ2) is 7.61. The summed E-state index contributed by atoms with van der Waals surface area (Å²) < 4.78 is 14.9. The van der Waals surface area contributed by atoms with E-state index < -0.39 is 0 Å². The Morgan fingerprint density at radius 3 is 2.78 bits per heavy atom. The average molecular weight is 251 g/mol. The Kier molecular flexibility index (Phi) is 6.08. The minimum absolute atomic E-state index is 0.0959. The van der Waals surface area contributed by atoms with E-state index in [0.717, 1.165) is 11.3 Å². The summed E-state index contributed by atoms with van der Waals surface area (Å²) in [7, 11) is 0. The van der Waals surface area contributed by atoms with Crippen molar-refractivity contribution in [1.82, 2.24) is 4.98 Å². The van der Waals surface area contributed by atoms with E-state index in [9.17, 15) is 4.39 Å². The summed E-state index contributed by atoms with van der Waals surface area (Å²) in [5.41, 5.74) is 1.95. The number of aliphatic hydroxyl groups is 1. The van der Waals surface area contributed by atoms with E-state index in [2.05, 4.69) is 4.98 Å². The van der Waals surface area contributed by atoms with Gasteiger partial charge in [-0.05, 0) is 17.7 Å². The Balaban J connectivity index is 0.000000771. The first-order valence-electron chi connectivity index (χ1n) is 6.20. The van der Waals surface area contributed by atoms with Crippen molar-refractivity contribution in [3.8, 4) is 0 Å². The molecule has 1 heterocycles. The van der Waals surface area contributed by atoms with E-state index in [1.165, 1.54) is 12.1 Å². The number of aliphatic hydroxyl groups excluding tert-OH is 1. The van der Waals surface area contributed by atoms with Crippen molar-refractivity contribution >= 4 is 0 Å². The van der Waals surface area contributed by atoms with Gasteiger partial charge in [0.25, 0.3) is 0 Å². The lowest BCUT2D eigenvalue weighted by atomic mass is 10.1. The minimum atomic E-state index is -0.221. The molecule has 2 aromatic rings. The molecule has 0 aliphatic carbocycles. The molecule has 0 radical (unpaired) electrons. The van der Waals surface area contributed by atoms with E-state index in [4.69, 9.17) is 5.11 Å². The number of rotatable bonds is 4. The second-order valence-electron chi connectivity index (χ2n) is 3.66. The van der Waals surface area contributed by atoms with Crippen molar-refractivity contribution < 1.29 is 14.1 Å². The third-order valence-electron chi connectivity index (χ3n) is 2.46. The molecule has 3 nitrogen and oxygen atoms in total. The van der Waals surface area contributed by atoms with Crippen molar-refractivity contribution in [3.63, 3.8) is 0 Å². The Morgan fingerprint density at radius 2 is 2.11 bits per heavy atom. The molecule has 0 spiro atoms. The van der Waals surface area contributed by atoms with Crippen LogP contribution in [0.1, 0.15) is 25.1 Å². The van der Waals surface area contributed by atoms with Crippen LogP contribution in [0.5, 0.6) is 0 Å². The van der Waals surface area contributed by atoms with E-state index in [1.807, 2.05) is 30.7 Å². The zero-order chi connectivity index (χ0) is 13.4. The van der Waals surface area contributed by atoms with Gasteiger partial charge in [-0.1, -0.05) is 26.0 Å². The van der Waals surface area contributed by atoms with Gasteiger partial charge in [0.05, 0.1) is 6.61 Å². The molecule has 0 amide bonds. The van der Waals surface area contributed by atoms with Crippen molar-refractivity contribution in [1.29, 1.82) is 0 Å². The Labute approximate surface area is 107 Å². The predicted octanol–water partition coefficient (Wildman–Crippen LogP) is 2.05. The Hall–Kier alpha value is -1.68. The van der Waals surface area contributed by atoms with E-state index in [-0.39, 0.29) is 12.4 Å². The van der Waals surface area contributed by atoms with Gasteiger partial charge in [-0.15, -0.1) is 0 Å². The number of nitrogens with zero attached hydrogens (tertiary/aromatic N) is 1. The first kappa shape index (κ1) is 14.4. The maximum atomic E-state index is 13.0. The van der Waals surface area contributed by atoms with Gasteiger partial charge in [0.1, 0.15) is 24.3 Å². The molecule has 1 aromatic heterocycles. The van der Waals surface area contributed by atoms with Crippen LogP contribution in [0.2, 0.25) is 0 Å². The summed E-state index contributed by atoms with van der Waals surface area (Å²) in [5.74, 6) is -0.221. The fourth-order valence-corrected chi connectivity index (χ4v) is 1.71. The molecule has 0 aliphatic heterocycles. The van der Waals surface area contributed by atoms with E-state index in [1.54, 1.807) is 12.4 Å². The number of halogens is 1. The summed E-state index contributed by atoms with van der Waals surface area (Å²) in [4.78, 5) is 2.98. The molecule has 0 unspecified atom stereocenters. The summed E-state index contributed by atoms with van der Waals surface area (Å²) in [6.45, 7) is 4.65. The summed E-state index contributed by atoms with van der Waals surface area (Å²) in [5, 5.41) is 8.88. The summed E-state index contributed by atoms with van der Waals surface area (Å²) >= 11 is 0. The van der Waals surface area contributed by atoms with Crippen LogP contribution in [-0.2, 0) is 13.0 Å². The lowest BCUT2D eigenvalue weighted by Crippen LogP contribution is -2.37. The summed E-state index contributed by atoms with van der Waals surface area (Å²) in [6.07, 6.45) is 4.31. The standard InChI is InChI=1S/C12H13FN2O.C2H6/c13-11-3-1-2-10(6-11)7-12-8-14-9-15(12)4-5-16;1-2/h1-3,6,8-9,16H,4-5,7H2;1-2H3/p+1. The highest BCUT2D eigenvalue weighted by molar-refractivity contribution is 5.20. The van der Waals surface area contributed by atoms with Gasteiger partial charge in [-0.25, -0.2) is 13.9 Å². The number of benzene rings is 1. The quantitative estimate of drug-likeness (QED) is 0.802. The van der Waals surface area contributed by atoms with Gasteiger partial charge in [-0.3, -0.25) is 0 Å². The third-order valence-corrected chi connectivity index (χ3v) is 2.46. The van der Waals surface area contributed by atoms with Crippen LogP contribution in [0.3, 0.4) is 0 Å². The Morgan fingerprint density at radius 1 is 1.33 bits per heavy atom. The molecule has 18 heavy (non-hydrogen) atoms. The smallest absolute Gasteiger partial charge is 0.241 e. The van der Waals surface area contributed by atoms with Crippen LogP contribution >= 0.6 is 0 Å². The molecule has 0 atom stereocenters. The molecule has 0 saturated carbocycles. The maximum absolute atomic E-state index is 13.0. The van der Waals surface area contributed by atoms with Gasteiger partial charge in [-0.2, -0.15) is 0 Å². The molecular formula is C14H20FN2O+. The Bertz CT molecular complexity index is 468. The molecule has 1 aromatic carbocycles. The molecular weight excluding hydrogens is 231 g/mol. The molecule has 0 aliphatic rings. The van der Waals surface area contributed by atoms with Gasteiger partial charge < -0.3 is 5.11 Å². The highest BCUT2D eigenvalue weighted by Gasteiger charge is 2.09. The van der Waals surface area contributed by atoms with Crippen LogP contribution in [-0.4, -0.2) is 16.7 Å². The molecule has 0 fully saturated rings. The van der Waals surface area contributed by atoms with Crippen molar-refractivity contribution in [2.75, 3.05) is 6.61 Å². The normalized spacial score (nSPS) is 9.78. The van der Waals surface area contributed by atoms with Crippen LogP contribution in [0.15, 0.2) is 36.8 Å². The second-order valence-corrected chi connectivity index (χ2v) is 3.66. The zero-order valence-corrected chi connectivity index (χ0v) is 10.9. The number of hydrogen-bond acceptors (Lipinski definition) is 1. The maximum Gasteiger partial charge on any atom is 0.241 e. The molecule has 2 N–H and O–H groups in total. The monoisotopic (exact) mass is 251 g/mol. The van der Waals surface area contributed by atoms with Crippen LogP contribution in [0.25, 0.3) is 0 Å². The molecule has 2 rings (SSSR count). The number of imidazole rings is 1. The van der Waals surface area contributed by atoms with Gasteiger partial charge in [0.15, 0.2) is 0 Å². The minimum Gasteiger partial charge on any atom is -0.392 e. The topological polar surface area (TPSA) is 39.9 Å². The van der Waals surface area contributed by atoms with Crippen LogP contribution in [0, 0.1) is 5.82 Å².